The van der Waals surface area contributed by atoms with Crippen LogP contribution in [0.1, 0.15) is 6.92 Å². The fourth-order valence-electron chi connectivity index (χ4n) is 1.22. The summed E-state index contributed by atoms with van der Waals surface area (Å²) in [6, 6.07) is 1.55. The second-order valence-corrected chi connectivity index (χ2v) is 6.69. The van der Waals surface area contributed by atoms with Crippen LogP contribution in [0.15, 0.2) is 17.0 Å². The van der Waals surface area contributed by atoms with E-state index in [4.69, 9.17) is 5.73 Å². The highest BCUT2D eigenvalue weighted by Gasteiger charge is 2.24. The molecule has 0 amide bonds. The van der Waals surface area contributed by atoms with Gasteiger partial charge in [-0.05, 0) is 18.4 Å². The number of rotatable bonds is 5. The Morgan fingerprint density at radius 2 is 1.89 bits per heavy atom. The van der Waals surface area contributed by atoms with Crippen molar-refractivity contribution in [2.75, 3.05) is 18.5 Å². The molecule has 0 spiro atoms. The zero-order valence-electron chi connectivity index (χ0n) is 9.91. The van der Waals surface area contributed by atoms with Crippen molar-refractivity contribution >= 4 is 27.5 Å². The summed E-state index contributed by atoms with van der Waals surface area (Å²) in [4.78, 5) is -0.995. The number of halogens is 2. The monoisotopic (exact) mass is 296 g/mol. The number of nitrogens with one attached hydrogen (secondary N) is 1. The van der Waals surface area contributed by atoms with Gasteiger partial charge in [-0.3, -0.25) is 0 Å². The molecule has 0 aliphatic carbocycles. The van der Waals surface area contributed by atoms with E-state index in [-0.39, 0.29) is 17.5 Å². The lowest BCUT2D eigenvalue weighted by Gasteiger charge is -2.12. The summed E-state index contributed by atoms with van der Waals surface area (Å²) in [6.07, 6.45) is 1.81. The van der Waals surface area contributed by atoms with Gasteiger partial charge in [0, 0.05) is 17.5 Å². The molecule has 3 N–H and O–H groups in total. The highest BCUT2D eigenvalue weighted by molar-refractivity contribution is 7.99. The first-order valence-electron chi connectivity index (χ1n) is 5.05. The molecular weight excluding hydrogens is 282 g/mol. The van der Waals surface area contributed by atoms with Crippen molar-refractivity contribution in [1.82, 2.24) is 4.72 Å². The fraction of sp³-hybridized carbons (Fsp3) is 0.400. The molecule has 1 atom stereocenters. The van der Waals surface area contributed by atoms with E-state index in [0.29, 0.717) is 0 Å². The van der Waals surface area contributed by atoms with Crippen LogP contribution in [0.2, 0.25) is 0 Å². The highest BCUT2D eigenvalue weighted by Crippen LogP contribution is 2.21. The number of benzene rings is 1. The third kappa shape index (κ3) is 3.56. The van der Waals surface area contributed by atoms with Gasteiger partial charge in [-0.2, -0.15) is 11.8 Å². The van der Waals surface area contributed by atoms with E-state index in [9.17, 15) is 17.2 Å². The Morgan fingerprint density at radius 1 is 1.39 bits per heavy atom. The number of anilines is 1. The van der Waals surface area contributed by atoms with Crippen LogP contribution in [0.25, 0.3) is 0 Å². The third-order valence-electron chi connectivity index (χ3n) is 2.25. The molecule has 0 aliphatic rings. The summed E-state index contributed by atoms with van der Waals surface area (Å²) in [5, 5.41) is -0.000297. The fourth-order valence-corrected chi connectivity index (χ4v) is 2.82. The highest BCUT2D eigenvalue weighted by atomic mass is 32.2. The van der Waals surface area contributed by atoms with Gasteiger partial charge in [-0.1, -0.05) is 6.92 Å². The van der Waals surface area contributed by atoms with E-state index in [1.807, 2.05) is 6.26 Å². The molecule has 0 fully saturated rings. The Bertz CT molecular complexity index is 512. The summed E-state index contributed by atoms with van der Waals surface area (Å²) in [5.41, 5.74) is 5.05. The summed E-state index contributed by atoms with van der Waals surface area (Å²) < 4.78 is 52.6. The van der Waals surface area contributed by atoms with Gasteiger partial charge >= 0.3 is 0 Å². The van der Waals surface area contributed by atoms with E-state index in [2.05, 4.69) is 4.72 Å². The number of sulfonamides is 1. The third-order valence-corrected chi connectivity index (χ3v) is 4.70. The van der Waals surface area contributed by atoms with Crippen molar-refractivity contribution in [1.29, 1.82) is 0 Å². The molecule has 18 heavy (non-hydrogen) atoms. The zero-order valence-corrected chi connectivity index (χ0v) is 11.5. The molecule has 0 aliphatic heterocycles. The van der Waals surface area contributed by atoms with E-state index in [1.54, 1.807) is 6.92 Å². The van der Waals surface area contributed by atoms with Crippen LogP contribution in [0, 0.1) is 11.6 Å². The molecule has 0 bridgehead atoms. The van der Waals surface area contributed by atoms with Gasteiger partial charge in [-0.15, -0.1) is 0 Å². The van der Waals surface area contributed by atoms with Crippen LogP contribution in [-0.2, 0) is 10.0 Å². The first-order valence-corrected chi connectivity index (χ1v) is 7.82. The molecule has 0 saturated heterocycles. The number of hydrogen-bond acceptors (Lipinski definition) is 4. The normalized spacial score (nSPS) is 13.6. The van der Waals surface area contributed by atoms with E-state index < -0.39 is 26.6 Å². The number of nitrogens with two attached hydrogens (primary N) is 1. The van der Waals surface area contributed by atoms with Crippen LogP contribution in [0.5, 0.6) is 0 Å². The summed E-state index contributed by atoms with van der Waals surface area (Å²) >= 11 is 1.44. The molecule has 0 radical (unpaired) electrons. The van der Waals surface area contributed by atoms with Gasteiger partial charge in [0.2, 0.25) is 10.0 Å². The van der Waals surface area contributed by atoms with Crippen molar-refractivity contribution in [2.24, 2.45) is 0 Å². The average molecular weight is 296 g/mol. The molecule has 4 nitrogen and oxygen atoms in total. The predicted octanol–water partition coefficient (Wildman–Crippen LogP) is 1.58. The van der Waals surface area contributed by atoms with Crippen LogP contribution >= 0.6 is 11.8 Å². The number of thioether (sulfide) groups is 1. The van der Waals surface area contributed by atoms with Crippen LogP contribution in [0.4, 0.5) is 14.5 Å². The molecule has 102 valence electrons. The smallest absolute Gasteiger partial charge is 0.246 e. The molecular formula is C10H14F2N2O2S2. The molecule has 1 rings (SSSR count). The van der Waals surface area contributed by atoms with Crippen molar-refractivity contribution in [2.45, 2.75) is 17.1 Å². The molecule has 1 unspecified atom stereocenters. The lowest BCUT2D eigenvalue weighted by atomic mass is 10.3. The lowest BCUT2D eigenvalue weighted by Crippen LogP contribution is -2.30. The number of hydrogen-bond donors (Lipinski definition) is 2. The minimum Gasteiger partial charge on any atom is -0.399 e. The molecule has 1 aromatic carbocycles. The van der Waals surface area contributed by atoms with Crippen molar-refractivity contribution in [3.63, 3.8) is 0 Å². The average Bonchev–Trinajstić information content (AvgIpc) is 2.24. The maximum absolute atomic E-state index is 13.5. The standard InChI is InChI=1S/C10H14F2N2O2S2/c1-6(17-2)5-14-18(15,16)10-8(11)3-7(13)4-9(10)12/h3-4,6,14H,5,13H2,1-2H3. The minimum atomic E-state index is -4.21. The van der Waals surface area contributed by atoms with E-state index in [1.165, 1.54) is 11.8 Å². The lowest BCUT2D eigenvalue weighted by molar-refractivity contribution is 0.515. The quantitative estimate of drug-likeness (QED) is 0.809. The maximum atomic E-state index is 13.5. The van der Waals surface area contributed by atoms with Crippen LogP contribution in [-0.4, -0.2) is 26.5 Å². The Labute approximate surface area is 109 Å². The van der Waals surface area contributed by atoms with Crippen molar-refractivity contribution < 1.29 is 17.2 Å². The Hall–Kier alpha value is -0.860. The maximum Gasteiger partial charge on any atom is 0.246 e. The predicted molar refractivity (Wildman–Crippen MR) is 68.9 cm³/mol. The van der Waals surface area contributed by atoms with Gasteiger partial charge in [0.15, 0.2) is 4.90 Å². The Kier molecular flexibility index (Phi) is 4.94. The van der Waals surface area contributed by atoms with Gasteiger partial charge in [-0.25, -0.2) is 21.9 Å². The van der Waals surface area contributed by atoms with Gasteiger partial charge < -0.3 is 5.73 Å². The van der Waals surface area contributed by atoms with E-state index >= 15 is 0 Å². The van der Waals surface area contributed by atoms with Crippen molar-refractivity contribution in [3.8, 4) is 0 Å². The molecule has 8 heteroatoms. The minimum absolute atomic E-state index is 0.000297. The van der Waals surface area contributed by atoms with E-state index in [0.717, 1.165) is 12.1 Å². The Morgan fingerprint density at radius 3 is 2.33 bits per heavy atom. The number of nitrogen functional groups attached to an aromatic ring is 1. The summed E-state index contributed by atoms with van der Waals surface area (Å²) in [6.45, 7) is 1.88. The van der Waals surface area contributed by atoms with Crippen LogP contribution < -0.4 is 10.5 Å². The van der Waals surface area contributed by atoms with Gasteiger partial charge in [0.05, 0.1) is 0 Å². The van der Waals surface area contributed by atoms with Gasteiger partial charge in [0.1, 0.15) is 11.6 Å². The van der Waals surface area contributed by atoms with Crippen LogP contribution in [0.3, 0.4) is 0 Å². The second kappa shape index (κ2) is 5.85. The van der Waals surface area contributed by atoms with Gasteiger partial charge in [0.25, 0.3) is 0 Å². The first-order chi connectivity index (χ1) is 8.27. The largest absolute Gasteiger partial charge is 0.399 e. The second-order valence-electron chi connectivity index (χ2n) is 3.71. The molecule has 0 saturated carbocycles. The summed E-state index contributed by atoms with van der Waals surface area (Å²) in [7, 11) is -4.21. The molecule has 1 aromatic rings. The molecule has 0 aromatic heterocycles. The molecule has 0 heterocycles. The topological polar surface area (TPSA) is 72.2 Å². The van der Waals surface area contributed by atoms with Crippen molar-refractivity contribution in [3.05, 3.63) is 23.8 Å². The SMILES string of the molecule is CSC(C)CNS(=O)(=O)c1c(F)cc(N)cc1F. The first kappa shape index (κ1) is 15.2. The summed E-state index contributed by atoms with van der Waals surface area (Å²) in [5.74, 6) is -2.39. The zero-order chi connectivity index (χ0) is 13.9. The Balaban J connectivity index is 3.06.